The molecule has 1 heteroatoms. The molecule has 0 aliphatic rings. The van der Waals surface area contributed by atoms with E-state index < -0.39 is 0 Å². The monoisotopic (exact) mass is 175 g/mol. The van der Waals surface area contributed by atoms with Crippen LogP contribution in [0.5, 0.6) is 0 Å². The first-order valence-electron chi connectivity index (χ1n) is 4.87. The lowest BCUT2D eigenvalue weighted by molar-refractivity contribution is 1.05. The van der Waals surface area contributed by atoms with E-state index in [9.17, 15) is 0 Å². The van der Waals surface area contributed by atoms with E-state index in [1.807, 2.05) is 18.2 Å². The molecule has 0 unspecified atom stereocenters. The van der Waals surface area contributed by atoms with E-state index in [1.54, 1.807) is 0 Å². The van der Waals surface area contributed by atoms with Crippen LogP contribution in [0.3, 0.4) is 0 Å². The molecule has 70 valence electrons. The minimum absolute atomic E-state index is 1.01. The van der Waals surface area contributed by atoms with Gasteiger partial charge in [0, 0.05) is 12.2 Å². The molecule has 1 rings (SSSR count). The molecular formula is C12H17N. The standard InChI is InChI=1S/C12H17N/c1-2-3-4-8-11-13-12-9-6-5-7-10-12/h3-7,9-10,13H,2,8,11H2,1H3/b4-3-. The molecular weight excluding hydrogens is 158 g/mol. The van der Waals surface area contributed by atoms with Crippen molar-refractivity contribution < 1.29 is 0 Å². The number of nitrogens with one attached hydrogen (secondary N) is 1. The maximum Gasteiger partial charge on any atom is 0.0340 e. The van der Waals surface area contributed by atoms with Gasteiger partial charge >= 0.3 is 0 Å². The second-order valence-corrected chi connectivity index (χ2v) is 2.96. The van der Waals surface area contributed by atoms with Crippen molar-refractivity contribution in [3.63, 3.8) is 0 Å². The normalized spacial score (nSPS) is 10.5. The molecule has 13 heavy (non-hydrogen) atoms. The molecule has 0 saturated heterocycles. The molecule has 0 fully saturated rings. The summed E-state index contributed by atoms with van der Waals surface area (Å²) in [5.41, 5.74) is 1.20. The SMILES string of the molecule is CC/C=C\CCNc1ccccc1. The van der Waals surface area contributed by atoms with Crippen LogP contribution in [-0.4, -0.2) is 6.54 Å². The summed E-state index contributed by atoms with van der Waals surface area (Å²) in [6, 6.07) is 10.3. The van der Waals surface area contributed by atoms with Crippen molar-refractivity contribution in [2.24, 2.45) is 0 Å². The molecule has 0 spiro atoms. The molecule has 1 N–H and O–H groups in total. The van der Waals surface area contributed by atoms with Gasteiger partial charge in [-0.3, -0.25) is 0 Å². The van der Waals surface area contributed by atoms with Crippen molar-refractivity contribution in [2.45, 2.75) is 19.8 Å². The molecule has 0 aliphatic carbocycles. The fourth-order valence-corrected chi connectivity index (χ4v) is 1.14. The minimum atomic E-state index is 1.01. The molecule has 0 aromatic heterocycles. The van der Waals surface area contributed by atoms with Crippen LogP contribution in [0.15, 0.2) is 42.5 Å². The fourth-order valence-electron chi connectivity index (χ4n) is 1.14. The zero-order chi connectivity index (χ0) is 9.36. The Hall–Kier alpha value is -1.24. The summed E-state index contributed by atoms with van der Waals surface area (Å²) in [5, 5.41) is 3.35. The predicted octanol–water partition coefficient (Wildman–Crippen LogP) is 3.45. The quantitative estimate of drug-likeness (QED) is 0.534. The zero-order valence-corrected chi connectivity index (χ0v) is 8.16. The number of benzene rings is 1. The van der Waals surface area contributed by atoms with Crippen LogP contribution in [0.1, 0.15) is 19.8 Å². The van der Waals surface area contributed by atoms with E-state index in [4.69, 9.17) is 0 Å². The molecule has 1 aromatic rings. The topological polar surface area (TPSA) is 12.0 Å². The van der Waals surface area contributed by atoms with Gasteiger partial charge in [-0.25, -0.2) is 0 Å². The van der Waals surface area contributed by atoms with Gasteiger partial charge in [-0.05, 0) is 25.0 Å². The van der Waals surface area contributed by atoms with Gasteiger partial charge in [-0.2, -0.15) is 0 Å². The number of hydrogen-bond acceptors (Lipinski definition) is 1. The predicted molar refractivity (Wildman–Crippen MR) is 59.0 cm³/mol. The molecule has 0 bridgehead atoms. The first-order valence-corrected chi connectivity index (χ1v) is 4.87. The van der Waals surface area contributed by atoms with Crippen LogP contribution in [0.25, 0.3) is 0 Å². The molecule has 0 amide bonds. The third-order valence-electron chi connectivity index (χ3n) is 1.82. The zero-order valence-electron chi connectivity index (χ0n) is 8.16. The van der Waals surface area contributed by atoms with Crippen LogP contribution in [0.4, 0.5) is 5.69 Å². The summed E-state index contributed by atoms with van der Waals surface area (Å²) in [7, 11) is 0. The van der Waals surface area contributed by atoms with Crippen molar-refractivity contribution in [2.75, 3.05) is 11.9 Å². The highest BCUT2D eigenvalue weighted by Crippen LogP contribution is 2.04. The number of allylic oxidation sites excluding steroid dienone is 1. The summed E-state index contributed by atoms with van der Waals surface area (Å²) < 4.78 is 0. The van der Waals surface area contributed by atoms with Crippen LogP contribution < -0.4 is 5.32 Å². The van der Waals surface area contributed by atoms with Gasteiger partial charge in [0.2, 0.25) is 0 Å². The van der Waals surface area contributed by atoms with Crippen LogP contribution in [0.2, 0.25) is 0 Å². The van der Waals surface area contributed by atoms with Gasteiger partial charge in [0.15, 0.2) is 0 Å². The van der Waals surface area contributed by atoms with Gasteiger partial charge in [0.25, 0.3) is 0 Å². The van der Waals surface area contributed by atoms with Crippen molar-refractivity contribution in [1.82, 2.24) is 0 Å². The van der Waals surface area contributed by atoms with Crippen molar-refractivity contribution in [3.8, 4) is 0 Å². The van der Waals surface area contributed by atoms with E-state index in [-0.39, 0.29) is 0 Å². The number of para-hydroxylation sites is 1. The molecule has 0 radical (unpaired) electrons. The van der Waals surface area contributed by atoms with Crippen molar-refractivity contribution in [3.05, 3.63) is 42.5 Å². The lowest BCUT2D eigenvalue weighted by atomic mass is 10.3. The Balaban J connectivity index is 2.17. The lowest BCUT2D eigenvalue weighted by Gasteiger charge is -2.02. The third-order valence-corrected chi connectivity index (χ3v) is 1.82. The van der Waals surface area contributed by atoms with E-state index in [2.05, 4.69) is 36.5 Å². The van der Waals surface area contributed by atoms with Gasteiger partial charge < -0.3 is 5.32 Å². The van der Waals surface area contributed by atoms with Gasteiger partial charge in [-0.1, -0.05) is 37.3 Å². The first kappa shape index (κ1) is 9.85. The van der Waals surface area contributed by atoms with E-state index in [1.165, 1.54) is 5.69 Å². The van der Waals surface area contributed by atoms with Gasteiger partial charge in [-0.15, -0.1) is 0 Å². The van der Waals surface area contributed by atoms with E-state index >= 15 is 0 Å². The minimum Gasteiger partial charge on any atom is -0.385 e. The average Bonchev–Trinajstić information content (AvgIpc) is 2.19. The second kappa shape index (κ2) is 6.30. The van der Waals surface area contributed by atoms with Crippen LogP contribution >= 0.6 is 0 Å². The third kappa shape index (κ3) is 4.36. The summed E-state index contributed by atoms with van der Waals surface area (Å²) in [4.78, 5) is 0. The van der Waals surface area contributed by atoms with Gasteiger partial charge in [0.05, 0.1) is 0 Å². The van der Waals surface area contributed by atoms with Gasteiger partial charge in [0.1, 0.15) is 0 Å². The Morgan fingerprint density at radius 1 is 1.15 bits per heavy atom. The Morgan fingerprint density at radius 3 is 2.62 bits per heavy atom. The summed E-state index contributed by atoms with van der Waals surface area (Å²) in [6.07, 6.45) is 6.65. The smallest absolute Gasteiger partial charge is 0.0340 e. The fraction of sp³-hybridized carbons (Fsp3) is 0.333. The van der Waals surface area contributed by atoms with Crippen LogP contribution in [-0.2, 0) is 0 Å². The van der Waals surface area contributed by atoms with Crippen LogP contribution in [0, 0.1) is 0 Å². The van der Waals surface area contributed by atoms with E-state index in [0.717, 1.165) is 19.4 Å². The highest BCUT2D eigenvalue weighted by Gasteiger charge is 1.85. The summed E-state index contributed by atoms with van der Waals surface area (Å²) >= 11 is 0. The first-order chi connectivity index (χ1) is 6.43. The molecule has 0 heterocycles. The number of rotatable bonds is 5. The molecule has 1 aromatic carbocycles. The van der Waals surface area contributed by atoms with E-state index in [0.29, 0.717) is 0 Å². The Labute approximate surface area is 80.5 Å². The highest BCUT2D eigenvalue weighted by atomic mass is 14.9. The maximum atomic E-state index is 3.35. The maximum absolute atomic E-state index is 3.35. The van der Waals surface area contributed by atoms with Crippen molar-refractivity contribution >= 4 is 5.69 Å². The number of hydrogen-bond donors (Lipinski definition) is 1. The lowest BCUT2D eigenvalue weighted by Crippen LogP contribution is -1.99. The Bertz CT molecular complexity index is 239. The molecule has 0 aliphatic heterocycles. The second-order valence-electron chi connectivity index (χ2n) is 2.96. The molecule has 0 saturated carbocycles. The number of anilines is 1. The summed E-state index contributed by atoms with van der Waals surface area (Å²) in [6.45, 7) is 3.17. The molecule has 0 atom stereocenters. The average molecular weight is 175 g/mol. The summed E-state index contributed by atoms with van der Waals surface area (Å²) in [5.74, 6) is 0. The largest absolute Gasteiger partial charge is 0.385 e. The Kier molecular flexibility index (Phi) is 4.77. The highest BCUT2D eigenvalue weighted by molar-refractivity contribution is 5.42. The Morgan fingerprint density at radius 2 is 1.92 bits per heavy atom. The molecule has 1 nitrogen and oxygen atoms in total. The van der Waals surface area contributed by atoms with Crippen molar-refractivity contribution in [1.29, 1.82) is 0 Å².